The van der Waals surface area contributed by atoms with Crippen LogP contribution in [0.25, 0.3) is 0 Å². The second-order valence-corrected chi connectivity index (χ2v) is 15.0. The summed E-state index contributed by atoms with van der Waals surface area (Å²) >= 11 is 0. The Morgan fingerprint density at radius 1 is 0.879 bits per heavy atom. The average Bonchev–Trinajstić information content (AvgIpc) is 3.88. The van der Waals surface area contributed by atoms with Gasteiger partial charge in [0.1, 0.15) is 48.6 Å². The molecule has 1 aliphatic rings. The Bertz CT molecular complexity index is 1630. The van der Waals surface area contributed by atoms with E-state index in [2.05, 4.69) is 46.4 Å². The van der Waals surface area contributed by atoms with Gasteiger partial charge in [-0.3, -0.25) is 38.1 Å². The van der Waals surface area contributed by atoms with E-state index in [1.807, 2.05) is 13.8 Å². The number of H-pyrrole nitrogens is 1. The van der Waals surface area contributed by atoms with Crippen molar-refractivity contribution in [3.05, 3.63) is 18.2 Å². The molecule has 326 valence electrons. The van der Waals surface area contributed by atoms with Crippen LogP contribution in [0.3, 0.4) is 0 Å². The maximum absolute atomic E-state index is 13.6. The van der Waals surface area contributed by atoms with Gasteiger partial charge in [0.05, 0.1) is 38.8 Å². The highest BCUT2D eigenvalue weighted by molar-refractivity contribution is 7.46. The van der Waals surface area contributed by atoms with Gasteiger partial charge >= 0.3 is 7.82 Å². The number of phosphoric acid groups is 1. The van der Waals surface area contributed by atoms with E-state index in [1.165, 1.54) is 19.4 Å². The number of nitrogens with two attached hydrogens (primary N) is 1. The van der Waals surface area contributed by atoms with Crippen LogP contribution < -0.4 is 37.6 Å². The molecule has 1 fully saturated rings. The summed E-state index contributed by atoms with van der Waals surface area (Å²) in [4.78, 5) is 129. The highest BCUT2D eigenvalue weighted by atomic mass is 31.2. The molecule has 0 bridgehead atoms. The quantitative estimate of drug-likeness (QED) is 0.0340. The van der Waals surface area contributed by atoms with Crippen molar-refractivity contribution in [1.29, 1.82) is 0 Å². The first-order valence-electron chi connectivity index (χ1n) is 18.1. The molecule has 26 heteroatoms. The van der Waals surface area contributed by atoms with Gasteiger partial charge in [0, 0.05) is 24.9 Å². The first-order valence-corrected chi connectivity index (χ1v) is 19.6. The van der Waals surface area contributed by atoms with E-state index in [4.69, 9.17) is 5.73 Å². The second kappa shape index (κ2) is 23.5. The van der Waals surface area contributed by atoms with Crippen LogP contribution >= 0.6 is 7.82 Å². The number of nitrogens with one attached hydrogen (secondary N) is 7. The first-order chi connectivity index (χ1) is 27.2. The first kappa shape index (κ1) is 49.3. The molecule has 58 heavy (non-hydrogen) atoms. The molecular weight excluding hydrogens is 795 g/mol. The van der Waals surface area contributed by atoms with Crippen molar-refractivity contribution in [1.82, 2.24) is 46.8 Å². The average molecular weight is 849 g/mol. The van der Waals surface area contributed by atoms with Gasteiger partial charge in [0.15, 0.2) is 0 Å². The molecule has 2 heterocycles. The smallest absolute Gasteiger partial charge is 0.394 e. The number of rotatable bonds is 24. The lowest BCUT2D eigenvalue weighted by Gasteiger charge is -2.30. The number of aliphatic hydroxyl groups excluding tert-OH is 3. The molecule has 14 N–H and O–H groups in total. The molecule has 0 aliphatic carbocycles. The van der Waals surface area contributed by atoms with E-state index >= 15 is 0 Å². The zero-order chi connectivity index (χ0) is 43.7. The highest BCUT2D eigenvalue weighted by Gasteiger charge is 2.40. The fourth-order valence-electron chi connectivity index (χ4n) is 5.58. The van der Waals surface area contributed by atoms with Crippen LogP contribution in [0.5, 0.6) is 0 Å². The molecule has 1 aromatic rings. The number of imidazole rings is 1. The van der Waals surface area contributed by atoms with Crippen LogP contribution in [0.2, 0.25) is 0 Å². The number of carbonyl (C=O) groups excluding carboxylic acids is 8. The van der Waals surface area contributed by atoms with Gasteiger partial charge in [-0.05, 0) is 32.1 Å². The Morgan fingerprint density at radius 2 is 1.47 bits per heavy atom. The number of hydrogen-bond donors (Lipinski definition) is 13. The summed E-state index contributed by atoms with van der Waals surface area (Å²) in [6, 6.07) is -11.6. The van der Waals surface area contributed by atoms with E-state index in [0.717, 1.165) is 4.90 Å². The standard InChI is InChI=1S/C32H53N10O15P/c1-16(2)7-19(10-43)37-29(50)22(12-45)39-26(47)17(3)36-31(52)25-5-4-6-42(25)32(53)23(13-46)40-30(51)24(14-57-58(54,55)56)41-28(49)21(8-18-9-34-15-35-18)38-27(48)20(33)11-44/h9-10,15-17,19-25,44-46H,4-8,11-14,33H2,1-3H3,(H,34,35)(H,36,52)(H,37,50)(H,38,48)(H,39,47)(H,40,51)(H,41,49)(H2,54,55,56)/t17-,19-,20-,21-,22-,23-,24-,25-/m0/s1. The lowest BCUT2D eigenvalue weighted by atomic mass is 10.0. The van der Waals surface area contributed by atoms with E-state index in [0.29, 0.717) is 18.4 Å². The number of aliphatic hydroxyl groups is 3. The molecule has 0 unspecified atom stereocenters. The van der Waals surface area contributed by atoms with Gasteiger partial charge in [-0.15, -0.1) is 0 Å². The van der Waals surface area contributed by atoms with Crippen LogP contribution in [0.1, 0.15) is 45.7 Å². The third-order valence-electron chi connectivity index (χ3n) is 8.61. The lowest BCUT2D eigenvalue weighted by molar-refractivity contribution is -0.143. The van der Waals surface area contributed by atoms with Crippen molar-refractivity contribution in [2.75, 3.05) is 33.0 Å². The minimum atomic E-state index is -5.26. The molecule has 2 rings (SSSR count). The summed E-state index contributed by atoms with van der Waals surface area (Å²) < 4.78 is 16.0. The molecule has 1 aromatic heterocycles. The highest BCUT2D eigenvalue weighted by Crippen LogP contribution is 2.35. The molecule has 0 aromatic carbocycles. The van der Waals surface area contributed by atoms with Crippen molar-refractivity contribution in [3.63, 3.8) is 0 Å². The second-order valence-electron chi connectivity index (χ2n) is 13.8. The topological polar surface area (TPSA) is 394 Å². The normalized spacial score (nSPS) is 17.8. The summed E-state index contributed by atoms with van der Waals surface area (Å²) in [7, 11) is -5.26. The van der Waals surface area contributed by atoms with Gasteiger partial charge in [0.2, 0.25) is 41.4 Å². The van der Waals surface area contributed by atoms with Gasteiger partial charge < -0.3 is 77.4 Å². The number of nitrogens with zero attached hydrogens (tertiary/aromatic N) is 2. The van der Waals surface area contributed by atoms with E-state index in [9.17, 15) is 68.0 Å². The Hall–Kier alpha value is -4.88. The predicted octanol–water partition coefficient (Wildman–Crippen LogP) is -6.47. The number of amides is 7. The summed E-state index contributed by atoms with van der Waals surface area (Å²) in [5, 5.41) is 42.8. The number of hydrogen-bond acceptors (Lipinski definition) is 15. The van der Waals surface area contributed by atoms with Gasteiger partial charge in [-0.1, -0.05) is 13.8 Å². The van der Waals surface area contributed by atoms with Crippen molar-refractivity contribution < 1.29 is 72.6 Å². The monoisotopic (exact) mass is 848 g/mol. The Balaban J connectivity index is 2.17. The van der Waals surface area contributed by atoms with Crippen LogP contribution in [0, 0.1) is 5.92 Å². The summed E-state index contributed by atoms with van der Waals surface area (Å²) in [5.41, 5.74) is 5.86. The lowest BCUT2D eigenvalue weighted by Crippen LogP contribution is -2.61. The van der Waals surface area contributed by atoms with Crippen LogP contribution in [0.15, 0.2) is 12.5 Å². The Morgan fingerprint density at radius 3 is 2.02 bits per heavy atom. The Kier molecular flexibility index (Phi) is 20.0. The minimum absolute atomic E-state index is 0.0443. The summed E-state index contributed by atoms with van der Waals surface area (Å²) in [6.45, 7) is 1.04. The minimum Gasteiger partial charge on any atom is -0.394 e. The molecule has 1 aliphatic heterocycles. The molecule has 25 nitrogen and oxygen atoms in total. The third kappa shape index (κ3) is 15.8. The van der Waals surface area contributed by atoms with Gasteiger partial charge in [0.25, 0.3) is 0 Å². The Labute approximate surface area is 332 Å². The van der Waals surface area contributed by atoms with E-state index < -0.39 is 124 Å². The molecule has 0 spiro atoms. The van der Waals surface area contributed by atoms with Crippen molar-refractivity contribution in [2.24, 2.45) is 11.7 Å². The van der Waals surface area contributed by atoms with Crippen molar-refractivity contribution in [2.45, 2.75) is 94.8 Å². The van der Waals surface area contributed by atoms with Crippen molar-refractivity contribution >= 4 is 55.5 Å². The van der Waals surface area contributed by atoms with Gasteiger partial charge in [-0.25, -0.2) is 9.55 Å². The number of aldehydes is 1. The van der Waals surface area contributed by atoms with E-state index in [-0.39, 0.29) is 31.7 Å². The summed E-state index contributed by atoms with van der Waals surface area (Å²) in [5.74, 6) is -6.85. The molecule has 8 atom stereocenters. The maximum Gasteiger partial charge on any atom is 0.469 e. The third-order valence-corrected chi connectivity index (χ3v) is 9.09. The predicted molar refractivity (Wildman–Crippen MR) is 197 cm³/mol. The molecule has 0 radical (unpaired) electrons. The zero-order valence-electron chi connectivity index (χ0n) is 32.0. The number of aromatic amines is 1. The van der Waals surface area contributed by atoms with Gasteiger partial charge in [-0.2, -0.15) is 0 Å². The fourth-order valence-corrected chi connectivity index (χ4v) is 5.92. The largest absolute Gasteiger partial charge is 0.469 e. The van der Waals surface area contributed by atoms with E-state index in [1.54, 1.807) is 0 Å². The zero-order valence-corrected chi connectivity index (χ0v) is 32.9. The summed E-state index contributed by atoms with van der Waals surface area (Å²) in [6.07, 6.45) is 3.51. The number of likely N-dealkylation sites (tertiary alicyclic amines) is 1. The van der Waals surface area contributed by atoms with Crippen molar-refractivity contribution in [3.8, 4) is 0 Å². The molecule has 1 saturated heterocycles. The van der Waals surface area contributed by atoms with Crippen LogP contribution in [-0.4, -0.2) is 169 Å². The number of carbonyl (C=O) groups is 8. The molecular formula is C32H53N10O15P. The van der Waals surface area contributed by atoms with Crippen LogP contribution in [0.4, 0.5) is 0 Å². The molecule has 7 amide bonds. The number of phosphoric ester groups is 1. The fraction of sp³-hybridized carbons (Fsp3) is 0.656. The van der Waals surface area contributed by atoms with Crippen LogP contribution in [-0.2, 0) is 53.9 Å². The molecule has 0 saturated carbocycles. The number of aromatic nitrogens is 2. The SMILES string of the molecule is CC(C)C[C@@H](C=O)NC(=O)[C@H](CO)NC(=O)[C@H](C)NC(=O)[C@@H]1CCCN1C(=O)[C@H](CO)NC(=O)[C@H](COP(=O)(O)O)NC(=O)[C@H](Cc1cnc[nH]1)NC(=O)[C@@H](N)CO. The maximum atomic E-state index is 13.6.